The van der Waals surface area contributed by atoms with Gasteiger partial charge in [0.05, 0.1) is 0 Å². The average molecular weight is 194 g/mol. The Kier molecular flexibility index (Phi) is 3.82. The molecule has 0 aromatic heterocycles. The Morgan fingerprint density at radius 1 is 1.54 bits per heavy atom. The number of halogens is 1. The van der Waals surface area contributed by atoms with Gasteiger partial charge >= 0.3 is 0 Å². The zero-order chi connectivity index (χ0) is 9.68. The van der Waals surface area contributed by atoms with Crippen LogP contribution in [0.25, 0.3) is 0 Å². The fourth-order valence-electron chi connectivity index (χ4n) is 1.19. The largest absolute Gasteiger partial charge is 0.327 e. The van der Waals surface area contributed by atoms with Gasteiger partial charge in [0, 0.05) is 17.5 Å². The van der Waals surface area contributed by atoms with Crippen LogP contribution in [-0.2, 0) is 6.42 Å². The third kappa shape index (κ3) is 3.50. The van der Waals surface area contributed by atoms with Crippen LogP contribution in [0.4, 0.5) is 0 Å². The summed E-state index contributed by atoms with van der Waals surface area (Å²) in [5.74, 6) is 2.54. The summed E-state index contributed by atoms with van der Waals surface area (Å²) < 4.78 is 0. The molecule has 0 heterocycles. The van der Waals surface area contributed by atoms with Gasteiger partial charge in [-0.2, -0.15) is 0 Å². The molecule has 2 heteroatoms. The molecule has 0 amide bonds. The molecule has 1 rings (SSSR count). The molecule has 1 aromatic rings. The van der Waals surface area contributed by atoms with Crippen LogP contribution in [0.5, 0.6) is 0 Å². The van der Waals surface area contributed by atoms with Crippen LogP contribution in [0.2, 0.25) is 5.02 Å². The first kappa shape index (κ1) is 10.1. The molecule has 0 bridgehead atoms. The van der Waals surface area contributed by atoms with E-state index in [1.165, 1.54) is 0 Å². The molecular weight excluding hydrogens is 182 g/mol. The van der Waals surface area contributed by atoms with E-state index in [1.807, 2.05) is 24.3 Å². The number of rotatable bonds is 3. The van der Waals surface area contributed by atoms with Crippen LogP contribution in [0.3, 0.4) is 0 Å². The Balaban J connectivity index is 2.59. The molecule has 0 saturated heterocycles. The molecular formula is C11H12ClN. The van der Waals surface area contributed by atoms with E-state index in [-0.39, 0.29) is 6.04 Å². The third-order valence-corrected chi connectivity index (χ3v) is 2.00. The Labute approximate surface area is 83.9 Å². The second-order valence-corrected chi connectivity index (χ2v) is 3.44. The van der Waals surface area contributed by atoms with Crippen molar-refractivity contribution >= 4 is 11.6 Å². The molecule has 0 saturated carbocycles. The van der Waals surface area contributed by atoms with E-state index >= 15 is 0 Å². The molecule has 0 aliphatic heterocycles. The SMILES string of the molecule is C#CCC(N)Cc1cccc(Cl)c1. The van der Waals surface area contributed by atoms with Crippen molar-refractivity contribution in [3.05, 3.63) is 34.9 Å². The highest BCUT2D eigenvalue weighted by atomic mass is 35.5. The van der Waals surface area contributed by atoms with Crippen LogP contribution in [0, 0.1) is 12.3 Å². The summed E-state index contributed by atoms with van der Waals surface area (Å²) in [6.45, 7) is 0. The van der Waals surface area contributed by atoms with Crippen molar-refractivity contribution in [2.75, 3.05) is 0 Å². The topological polar surface area (TPSA) is 26.0 Å². The second-order valence-electron chi connectivity index (χ2n) is 3.00. The molecule has 1 aromatic carbocycles. The van der Waals surface area contributed by atoms with Crippen molar-refractivity contribution in [1.29, 1.82) is 0 Å². The Morgan fingerprint density at radius 3 is 2.92 bits per heavy atom. The van der Waals surface area contributed by atoms with Crippen molar-refractivity contribution in [2.24, 2.45) is 5.73 Å². The van der Waals surface area contributed by atoms with Gasteiger partial charge in [0.1, 0.15) is 0 Å². The van der Waals surface area contributed by atoms with Crippen molar-refractivity contribution in [2.45, 2.75) is 18.9 Å². The highest BCUT2D eigenvalue weighted by molar-refractivity contribution is 6.30. The van der Waals surface area contributed by atoms with E-state index in [9.17, 15) is 0 Å². The predicted octanol–water partition coefficient (Wildman–Crippen LogP) is 2.23. The minimum atomic E-state index is 0.0310. The van der Waals surface area contributed by atoms with E-state index in [0.717, 1.165) is 17.0 Å². The lowest BCUT2D eigenvalue weighted by Crippen LogP contribution is -2.21. The molecule has 68 valence electrons. The molecule has 1 atom stereocenters. The molecule has 0 spiro atoms. The fourth-order valence-corrected chi connectivity index (χ4v) is 1.40. The molecule has 0 aliphatic carbocycles. The van der Waals surface area contributed by atoms with Crippen molar-refractivity contribution in [3.63, 3.8) is 0 Å². The minimum absolute atomic E-state index is 0.0310. The summed E-state index contributed by atoms with van der Waals surface area (Å²) in [6.07, 6.45) is 6.54. The maximum atomic E-state index is 5.82. The summed E-state index contributed by atoms with van der Waals surface area (Å²) >= 11 is 5.82. The zero-order valence-corrected chi connectivity index (χ0v) is 8.09. The molecule has 1 unspecified atom stereocenters. The number of nitrogens with two attached hydrogens (primary N) is 1. The number of terminal acetylenes is 1. The highest BCUT2D eigenvalue weighted by Gasteiger charge is 2.02. The third-order valence-electron chi connectivity index (χ3n) is 1.77. The maximum absolute atomic E-state index is 5.82. The Hall–Kier alpha value is -0.970. The van der Waals surface area contributed by atoms with E-state index in [2.05, 4.69) is 5.92 Å². The normalized spacial score (nSPS) is 12.1. The lowest BCUT2D eigenvalue weighted by atomic mass is 10.0. The van der Waals surface area contributed by atoms with Crippen LogP contribution in [0.15, 0.2) is 24.3 Å². The van der Waals surface area contributed by atoms with Gasteiger partial charge in [-0.15, -0.1) is 12.3 Å². The monoisotopic (exact) mass is 193 g/mol. The first-order valence-corrected chi connectivity index (χ1v) is 4.53. The van der Waals surface area contributed by atoms with Gasteiger partial charge in [0.15, 0.2) is 0 Å². The van der Waals surface area contributed by atoms with Crippen LogP contribution < -0.4 is 5.73 Å². The standard InChI is InChI=1S/C11H12ClN/c1-2-4-11(13)8-9-5-3-6-10(12)7-9/h1,3,5-7,11H,4,8,13H2. The van der Waals surface area contributed by atoms with Gasteiger partial charge in [0.25, 0.3) is 0 Å². The van der Waals surface area contributed by atoms with Gasteiger partial charge in [-0.1, -0.05) is 23.7 Å². The summed E-state index contributed by atoms with van der Waals surface area (Å²) in [5.41, 5.74) is 6.92. The van der Waals surface area contributed by atoms with Crippen LogP contribution >= 0.6 is 11.6 Å². The molecule has 1 nitrogen and oxygen atoms in total. The molecule has 13 heavy (non-hydrogen) atoms. The van der Waals surface area contributed by atoms with Crippen LogP contribution in [0.1, 0.15) is 12.0 Å². The van der Waals surface area contributed by atoms with Crippen molar-refractivity contribution < 1.29 is 0 Å². The number of hydrogen-bond donors (Lipinski definition) is 1. The van der Waals surface area contributed by atoms with Gasteiger partial charge < -0.3 is 5.73 Å². The Morgan fingerprint density at radius 2 is 2.31 bits per heavy atom. The summed E-state index contributed by atoms with van der Waals surface area (Å²) in [4.78, 5) is 0. The number of hydrogen-bond acceptors (Lipinski definition) is 1. The van der Waals surface area contributed by atoms with E-state index in [0.29, 0.717) is 6.42 Å². The lowest BCUT2D eigenvalue weighted by molar-refractivity contribution is 0.689. The molecule has 0 aliphatic rings. The minimum Gasteiger partial charge on any atom is -0.327 e. The first-order valence-electron chi connectivity index (χ1n) is 4.16. The molecule has 0 fully saturated rings. The van der Waals surface area contributed by atoms with Gasteiger partial charge in [-0.3, -0.25) is 0 Å². The maximum Gasteiger partial charge on any atom is 0.0408 e. The van der Waals surface area contributed by atoms with E-state index in [1.54, 1.807) is 0 Å². The quantitative estimate of drug-likeness (QED) is 0.733. The summed E-state index contributed by atoms with van der Waals surface area (Å²) in [6, 6.07) is 7.71. The summed E-state index contributed by atoms with van der Waals surface area (Å²) in [5, 5.41) is 0.741. The van der Waals surface area contributed by atoms with Gasteiger partial charge in [0.2, 0.25) is 0 Å². The van der Waals surface area contributed by atoms with Crippen LogP contribution in [-0.4, -0.2) is 6.04 Å². The highest BCUT2D eigenvalue weighted by Crippen LogP contribution is 2.12. The van der Waals surface area contributed by atoms with Gasteiger partial charge in [-0.25, -0.2) is 0 Å². The van der Waals surface area contributed by atoms with Gasteiger partial charge in [-0.05, 0) is 24.1 Å². The smallest absolute Gasteiger partial charge is 0.0408 e. The number of benzene rings is 1. The lowest BCUT2D eigenvalue weighted by Gasteiger charge is -2.07. The Bertz CT molecular complexity index is 314. The first-order chi connectivity index (χ1) is 6.22. The molecule has 2 N–H and O–H groups in total. The average Bonchev–Trinajstić information content (AvgIpc) is 2.04. The van der Waals surface area contributed by atoms with E-state index in [4.69, 9.17) is 23.8 Å². The molecule has 0 radical (unpaired) electrons. The predicted molar refractivity (Wildman–Crippen MR) is 56.6 cm³/mol. The van der Waals surface area contributed by atoms with E-state index < -0.39 is 0 Å². The second kappa shape index (κ2) is 4.91. The van der Waals surface area contributed by atoms with Crippen molar-refractivity contribution in [1.82, 2.24) is 0 Å². The fraction of sp³-hybridized carbons (Fsp3) is 0.273. The zero-order valence-electron chi connectivity index (χ0n) is 7.33. The summed E-state index contributed by atoms with van der Waals surface area (Å²) in [7, 11) is 0. The van der Waals surface area contributed by atoms with Crippen molar-refractivity contribution in [3.8, 4) is 12.3 Å².